The molecule has 7 nitrogen and oxygen atoms in total. The number of carbonyl (C=O) groups is 2. The summed E-state index contributed by atoms with van der Waals surface area (Å²) < 4.78 is 11.3. The molecular weight excluding hydrogens is 346 g/mol. The number of halogens is 1. The van der Waals surface area contributed by atoms with E-state index in [0.717, 1.165) is 13.0 Å². The smallest absolute Gasteiger partial charge is 0.349 e. The maximum atomic E-state index is 12.5. The number of amides is 1. The lowest BCUT2D eigenvalue weighted by atomic mass is 10.0. The van der Waals surface area contributed by atoms with Crippen molar-refractivity contribution < 1.29 is 19.1 Å². The third-order valence-corrected chi connectivity index (χ3v) is 3.88. The van der Waals surface area contributed by atoms with Crippen LogP contribution in [0, 0.1) is 0 Å². The van der Waals surface area contributed by atoms with Gasteiger partial charge < -0.3 is 20.1 Å². The number of rotatable bonds is 6. The SMILES string of the molecule is CC(=O)NCc1cc(OC(C(=O)OC(C)(C)C)[C@@H]2CCN2)cnc1Cl. The van der Waals surface area contributed by atoms with Crippen LogP contribution in [0.2, 0.25) is 5.15 Å². The highest BCUT2D eigenvalue weighted by Gasteiger charge is 2.37. The van der Waals surface area contributed by atoms with Crippen molar-refractivity contribution in [2.45, 2.75) is 58.4 Å². The van der Waals surface area contributed by atoms with Crippen LogP contribution in [0.25, 0.3) is 0 Å². The number of hydrogen-bond donors (Lipinski definition) is 2. The van der Waals surface area contributed by atoms with Crippen molar-refractivity contribution in [1.29, 1.82) is 0 Å². The van der Waals surface area contributed by atoms with Crippen LogP contribution in [-0.2, 0) is 20.9 Å². The first kappa shape index (κ1) is 19.5. The summed E-state index contributed by atoms with van der Waals surface area (Å²) in [5, 5.41) is 6.10. The van der Waals surface area contributed by atoms with E-state index >= 15 is 0 Å². The lowest BCUT2D eigenvalue weighted by Gasteiger charge is -2.35. The van der Waals surface area contributed by atoms with Gasteiger partial charge in [-0.1, -0.05) is 11.6 Å². The maximum absolute atomic E-state index is 12.5. The van der Waals surface area contributed by atoms with Crippen molar-refractivity contribution in [3.8, 4) is 5.75 Å². The van der Waals surface area contributed by atoms with Gasteiger partial charge >= 0.3 is 5.97 Å². The Hall–Kier alpha value is -1.86. The highest BCUT2D eigenvalue weighted by Crippen LogP contribution is 2.23. The molecule has 0 radical (unpaired) electrons. The maximum Gasteiger partial charge on any atom is 0.349 e. The quantitative estimate of drug-likeness (QED) is 0.587. The summed E-state index contributed by atoms with van der Waals surface area (Å²) >= 11 is 6.04. The molecule has 2 N–H and O–H groups in total. The molecule has 1 fully saturated rings. The summed E-state index contributed by atoms with van der Waals surface area (Å²) in [6, 6.07) is 1.56. The molecular formula is C17H24ClN3O4. The fourth-order valence-electron chi connectivity index (χ4n) is 2.25. The highest BCUT2D eigenvalue weighted by atomic mass is 35.5. The Balaban J connectivity index is 2.13. The number of nitrogens with zero attached hydrogens (tertiary/aromatic N) is 1. The number of nitrogens with one attached hydrogen (secondary N) is 2. The Kier molecular flexibility index (Phi) is 6.24. The number of pyridine rings is 1. The van der Waals surface area contributed by atoms with Crippen LogP contribution in [0.15, 0.2) is 12.3 Å². The molecule has 0 aliphatic carbocycles. The van der Waals surface area contributed by atoms with E-state index in [4.69, 9.17) is 21.1 Å². The molecule has 1 unspecified atom stereocenters. The molecule has 1 amide bonds. The van der Waals surface area contributed by atoms with Gasteiger partial charge in [-0.2, -0.15) is 0 Å². The topological polar surface area (TPSA) is 89.5 Å². The summed E-state index contributed by atoms with van der Waals surface area (Å²) in [7, 11) is 0. The molecule has 8 heteroatoms. The average Bonchev–Trinajstić information content (AvgIpc) is 2.43. The van der Waals surface area contributed by atoms with Gasteiger partial charge in [-0.3, -0.25) is 4.79 Å². The first-order valence-electron chi connectivity index (χ1n) is 8.17. The summed E-state index contributed by atoms with van der Waals surface area (Å²) in [6.07, 6.45) is 1.50. The van der Waals surface area contributed by atoms with E-state index in [1.807, 2.05) is 20.8 Å². The molecule has 2 atom stereocenters. The molecule has 1 aliphatic heterocycles. The van der Waals surface area contributed by atoms with Crippen LogP contribution in [0.3, 0.4) is 0 Å². The first-order chi connectivity index (χ1) is 11.7. The lowest BCUT2D eigenvalue weighted by Crippen LogP contribution is -2.57. The van der Waals surface area contributed by atoms with Gasteiger partial charge in [0.15, 0.2) is 0 Å². The van der Waals surface area contributed by atoms with Crippen molar-refractivity contribution in [3.63, 3.8) is 0 Å². The molecule has 138 valence electrons. The van der Waals surface area contributed by atoms with Crippen LogP contribution in [0.4, 0.5) is 0 Å². The van der Waals surface area contributed by atoms with E-state index in [-0.39, 0.29) is 23.6 Å². The molecule has 1 aliphatic rings. The van der Waals surface area contributed by atoms with Crippen molar-refractivity contribution >= 4 is 23.5 Å². The second kappa shape index (κ2) is 8.01. The van der Waals surface area contributed by atoms with Crippen molar-refractivity contribution in [2.24, 2.45) is 0 Å². The van der Waals surface area contributed by atoms with Gasteiger partial charge in [-0.25, -0.2) is 9.78 Å². The van der Waals surface area contributed by atoms with Gasteiger partial charge in [0.2, 0.25) is 12.0 Å². The molecule has 2 rings (SSSR count). The van der Waals surface area contributed by atoms with E-state index in [1.54, 1.807) is 6.07 Å². The van der Waals surface area contributed by atoms with Gasteiger partial charge in [0.1, 0.15) is 16.5 Å². The Morgan fingerprint density at radius 1 is 1.48 bits per heavy atom. The van der Waals surface area contributed by atoms with Crippen LogP contribution in [0.1, 0.15) is 39.7 Å². The van der Waals surface area contributed by atoms with E-state index in [0.29, 0.717) is 11.3 Å². The van der Waals surface area contributed by atoms with Gasteiger partial charge in [-0.05, 0) is 39.8 Å². The van der Waals surface area contributed by atoms with Crippen LogP contribution >= 0.6 is 11.6 Å². The number of esters is 1. The minimum absolute atomic E-state index is 0.107. The minimum atomic E-state index is -0.774. The molecule has 2 heterocycles. The van der Waals surface area contributed by atoms with Crippen molar-refractivity contribution in [2.75, 3.05) is 6.54 Å². The highest BCUT2D eigenvalue weighted by molar-refractivity contribution is 6.30. The molecule has 0 aromatic carbocycles. The summed E-state index contributed by atoms with van der Waals surface area (Å²) in [5.74, 6) is -0.204. The summed E-state index contributed by atoms with van der Waals surface area (Å²) in [6.45, 7) is 7.92. The van der Waals surface area contributed by atoms with Gasteiger partial charge in [0, 0.05) is 19.0 Å². The van der Waals surface area contributed by atoms with Crippen LogP contribution < -0.4 is 15.4 Å². The van der Waals surface area contributed by atoms with Crippen LogP contribution in [0.5, 0.6) is 5.75 Å². The van der Waals surface area contributed by atoms with Gasteiger partial charge in [-0.15, -0.1) is 0 Å². The fraction of sp³-hybridized carbons (Fsp3) is 0.588. The van der Waals surface area contributed by atoms with E-state index < -0.39 is 17.7 Å². The number of aromatic nitrogens is 1. The van der Waals surface area contributed by atoms with Gasteiger partial charge in [0.25, 0.3) is 0 Å². The summed E-state index contributed by atoms with van der Waals surface area (Å²) in [5.41, 5.74) is 0.0101. The predicted octanol–water partition coefficient (Wildman–Crippen LogP) is 1.82. The zero-order chi connectivity index (χ0) is 18.6. The number of ether oxygens (including phenoxy) is 2. The monoisotopic (exact) mass is 369 g/mol. The van der Waals surface area contributed by atoms with E-state index in [9.17, 15) is 9.59 Å². The number of hydrogen-bond acceptors (Lipinski definition) is 6. The fourth-order valence-corrected chi connectivity index (χ4v) is 2.42. The zero-order valence-electron chi connectivity index (χ0n) is 14.9. The van der Waals surface area contributed by atoms with Crippen LogP contribution in [-0.4, -0.2) is 41.2 Å². The molecule has 1 aromatic rings. The largest absolute Gasteiger partial charge is 0.475 e. The Labute approximate surface area is 152 Å². The van der Waals surface area contributed by atoms with Gasteiger partial charge in [0.05, 0.1) is 12.2 Å². The second-order valence-corrected chi connectivity index (χ2v) is 7.31. The minimum Gasteiger partial charge on any atom is -0.475 e. The number of carbonyl (C=O) groups excluding carboxylic acids is 2. The third-order valence-electron chi connectivity index (χ3n) is 3.54. The van der Waals surface area contributed by atoms with E-state index in [2.05, 4.69) is 15.6 Å². The van der Waals surface area contributed by atoms with E-state index in [1.165, 1.54) is 13.1 Å². The third kappa shape index (κ3) is 5.86. The predicted molar refractivity (Wildman–Crippen MR) is 93.4 cm³/mol. The second-order valence-electron chi connectivity index (χ2n) is 6.95. The molecule has 1 saturated heterocycles. The molecule has 0 bridgehead atoms. The molecule has 1 aromatic heterocycles. The standard InChI is InChI=1S/C17H24ClN3O4/c1-10(22)20-8-11-7-12(9-21-15(11)18)24-14(13-5-6-19-13)16(23)25-17(2,3)4/h7,9,13-14,19H,5-6,8H2,1-4H3,(H,20,22)/t13-,14?/m0/s1. The average molecular weight is 370 g/mol. The lowest BCUT2D eigenvalue weighted by molar-refractivity contribution is -0.165. The normalized spacial score (nSPS) is 18.0. The molecule has 0 saturated carbocycles. The van der Waals surface area contributed by atoms with Crippen molar-refractivity contribution in [3.05, 3.63) is 23.0 Å². The Bertz CT molecular complexity index is 641. The molecule has 0 spiro atoms. The zero-order valence-corrected chi connectivity index (χ0v) is 15.6. The first-order valence-corrected chi connectivity index (χ1v) is 8.55. The summed E-state index contributed by atoms with van der Waals surface area (Å²) in [4.78, 5) is 27.6. The Morgan fingerprint density at radius 2 is 2.16 bits per heavy atom. The molecule has 25 heavy (non-hydrogen) atoms. The van der Waals surface area contributed by atoms with Crippen molar-refractivity contribution in [1.82, 2.24) is 15.6 Å². The Morgan fingerprint density at radius 3 is 2.68 bits per heavy atom.